The first-order valence-electron chi connectivity index (χ1n) is 6.71. The van der Waals surface area contributed by atoms with Crippen LogP contribution in [0.25, 0.3) is 0 Å². The van der Waals surface area contributed by atoms with E-state index in [2.05, 4.69) is 12.2 Å². The van der Waals surface area contributed by atoms with E-state index in [1.165, 1.54) is 57.9 Å². The van der Waals surface area contributed by atoms with E-state index >= 15 is 0 Å². The molecule has 0 aromatic carbocycles. The van der Waals surface area contributed by atoms with Crippen molar-refractivity contribution in [3.63, 3.8) is 0 Å². The van der Waals surface area contributed by atoms with Gasteiger partial charge in [0.05, 0.1) is 6.10 Å². The van der Waals surface area contributed by atoms with Gasteiger partial charge in [0.1, 0.15) is 0 Å². The summed E-state index contributed by atoms with van der Waals surface area (Å²) in [4.78, 5) is 0. The van der Waals surface area contributed by atoms with Gasteiger partial charge in [0.15, 0.2) is 0 Å². The van der Waals surface area contributed by atoms with Crippen LogP contribution in [-0.4, -0.2) is 24.8 Å². The summed E-state index contributed by atoms with van der Waals surface area (Å²) in [7, 11) is 0. The van der Waals surface area contributed by atoms with E-state index < -0.39 is 0 Å². The second-order valence-electron chi connectivity index (χ2n) is 5.19. The van der Waals surface area contributed by atoms with E-state index in [0.717, 1.165) is 6.61 Å². The van der Waals surface area contributed by atoms with E-state index in [9.17, 15) is 0 Å². The van der Waals surface area contributed by atoms with Gasteiger partial charge in [-0.25, -0.2) is 0 Å². The normalized spacial score (nSPS) is 29.0. The number of nitrogens with one attached hydrogen (secondary N) is 1. The van der Waals surface area contributed by atoms with Gasteiger partial charge in [0.2, 0.25) is 0 Å². The van der Waals surface area contributed by atoms with Crippen molar-refractivity contribution in [3.05, 3.63) is 0 Å². The molecule has 2 nitrogen and oxygen atoms in total. The predicted octanol–water partition coefficient (Wildman–Crippen LogP) is 2.87. The van der Waals surface area contributed by atoms with Crippen LogP contribution in [-0.2, 0) is 4.74 Å². The highest BCUT2D eigenvalue weighted by Crippen LogP contribution is 2.34. The van der Waals surface area contributed by atoms with Gasteiger partial charge < -0.3 is 10.1 Å². The number of rotatable bonds is 6. The van der Waals surface area contributed by atoms with Crippen molar-refractivity contribution in [2.75, 3.05) is 13.2 Å². The highest BCUT2D eigenvalue weighted by atomic mass is 16.5. The summed E-state index contributed by atoms with van der Waals surface area (Å²) in [6.07, 6.45) is 11.2. The molecule has 0 aromatic heterocycles. The molecule has 1 saturated heterocycles. The Balaban J connectivity index is 1.54. The Labute approximate surface area is 93.8 Å². The first-order valence-corrected chi connectivity index (χ1v) is 6.71. The van der Waals surface area contributed by atoms with Crippen molar-refractivity contribution in [1.29, 1.82) is 0 Å². The van der Waals surface area contributed by atoms with Crippen LogP contribution in [0.15, 0.2) is 0 Å². The molecule has 1 aliphatic heterocycles. The number of hydrogen-bond acceptors (Lipinski definition) is 2. The lowest BCUT2D eigenvalue weighted by molar-refractivity contribution is 0.0998. The smallest absolute Gasteiger partial charge is 0.0576 e. The minimum absolute atomic E-state index is 0.524. The number of hydrogen-bond donors (Lipinski definition) is 1. The zero-order chi connectivity index (χ0) is 10.6. The maximum atomic E-state index is 5.62. The number of ether oxygens (including phenoxy) is 1. The fourth-order valence-electron chi connectivity index (χ4n) is 2.81. The molecule has 0 spiro atoms. The molecule has 0 amide bonds. The van der Waals surface area contributed by atoms with Gasteiger partial charge in [-0.1, -0.05) is 6.92 Å². The maximum Gasteiger partial charge on any atom is 0.0576 e. The van der Waals surface area contributed by atoms with Crippen molar-refractivity contribution in [1.82, 2.24) is 5.32 Å². The third kappa shape index (κ3) is 2.94. The molecule has 15 heavy (non-hydrogen) atoms. The molecule has 1 unspecified atom stereocenters. The van der Waals surface area contributed by atoms with Gasteiger partial charge in [-0.2, -0.15) is 0 Å². The summed E-state index contributed by atoms with van der Waals surface area (Å²) < 4.78 is 5.62. The zero-order valence-corrected chi connectivity index (χ0v) is 10.1. The van der Waals surface area contributed by atoms with Gasteiger partial charge >= 0.3 is 0 Å². The molecule has 1 atom stereocenters. The first-order chi connectivity index (χ1) is 7.35. The highest BCUT2D eigenvalue weighted by Gasteiger charge is 2.33. The van der Waals surface area contributed by atoms with Gasteiger partial charge in [-0.15, -0.1) is 0 Å². The molecule has 2 rings (SSSR count). The third-order valence-corrected chi connectivity index (χ3v) is 4.21. The first kappa shape index (κ1) is 11.4. The molecule has 0 bridgehead atoms. The Morgan fingerprint density at radius 1 is 1.33 bits per heavy atom. The minimum atomic E-state index is 0.524. The van der Waals surface area contributed by atoms with Gasteiger partial charge in [0, 0.05) is 12.1 Å². The quantitative estimate of drug-likeness (QED) is 0.682. The highest BCUT2D eigenvalue weighted by molar-refractivity contribution is 4.94. The van der Waals surface area contributed by atoms with E-state index in [1.54, 1.807) is 0 Å². The van der Waals surface area contributed by atoms with Gasteiger partial charge in [-0.05, 0) is 57.9 Å². The van der Waals surface area contributed by atoms with E-state index in [0.29, 0.717) is 11.6 Å². The lowest BCUT2D eigenvalue weighted by Gasteiger charge is -2.42. The van der Waals surface area contributed by atoms with Crippen LogP contribution >= 0.6 is 0 Å². The van der Waals surface area contributed by atoms with Crippen LogP contribution in [0.5, 0.6) is 0 Å². The molecule has 2 heteroatoms. The SMILES string of the molecule is CCC1(NCCCC2CCCO2)CCC1. The van der Waals surface area contributed by atoms with Crippen molar-refractivity contribution in [2.24, 2.45) is 0 Å². The Hall–Kier alpha value is -0.0800. The van der Waals surface area contributed by atoms with Crippen LogP contribution in [0.1, 0.15) is 58.3 Å². The average molecular weight is 211 g/mol. The van der Waals surface area contributed by atoms with Crippen molar-refractivity contribution >= 4 is 0 Å². The molecule has 2 aliphatic rings. The third-order valence-electron chi connectivity index (χ3n) is 4.21. The molecule has 1 N–H and O–H groups in total. The van der Waals surface area contributed by atoms with Crippen molar-refractivity contribution in [2.45, 2.75) is 69.9 Å². The molecule has 1 saturated carbocycles. The molecular weight excluding hydrogens is 186 g/mol. The van der Waals surface area contributed by atoms with Gasteiger partial charge in [0.25, 0.3) is 0 Å². The summed E-state index contributed by atoms with van der Waals surface area (Å²) in [6, 6.07) is 0. The summed E-state index contributed by atoms with van der Waals surface area (Å²) in [5.41, 5.74) is 0.524. The van der Waals surface area contributed by atoms with Crippen molar-refractivity contribution < 1.29 is 4.74 Å². The van der Waals surface area contributed by atoms with E-state index in [4.69, 9.17) is 4.74 Å². The molecule has 2 fully saturated rings. The lowest BCUT2D eigenvalue weighted by Crippen LogP contribution is -2.50. The van der Waals surface area contributed by atoms with E-state index in [1.807, 2.05) is 0 Å². The van der Waals surface area contributed by atoms with Crippen LogP contribution in [0.2, 0.25) is 0 Å². The maximum absolute atomic E-state index is 5.62. The zero-order valence-electron chi connectivity index (χ0n) is 10.1. The Morgan fingerprint density at radius 3 is 2.73 bits per heavy atom. The summed E-state index contributed by atoms with van der Waals surface area (Å²) in [5, 5.41) is 3.75. The molecule has 0 radical (unpaired) electrons. The topological polar surface area (TPSA) is 21.3 Å². The Kier molecular flexibility index (Phi) is 4.04. The van der Waals surface area contributed by atoms with Crippen molar-refractivity contribution in [3.8, 4) is 0 Å². The van der Waals surface area contributed by atoms with Crippen LogP contribution in [0.4, 0.5) is 0 Å². The monoisotopic (exact) mass is 211 g/mol. The standard InChI is InChI=1S/C13H25NO/c1-2-13(8-5-9-13)14-10-3-6-12-7-4-11-15-12/h12,14H,2-11H2,1H3. The fourth-order valence-corrected chi connectivity index (χ4v) is 2.81. The Bertz CT molecular complexity index is 177. The second-order valence-corrected chi connectivity index (χ2v) is 5.19. The summed E-state index contributed by atoms with van der Waals surface area (Å²) in [6.45, 7) is 4.50. The molecule has 1 aliphatic carbocycles. The van der Waals surface area contributed by atoms with Gasteiger partial charge in [-0.3, -0.25) is 0 Å². The molecular formula is C13H25NO. The molecule has 0 aromatic rings. The predicted molar refractivity (Wildman–Crippen MR) is 63.1 cm³/mol. The second kappa shape index (κ2) is 5.31. The summed E-state index contributed by atoms with van der Waals surface area (Å²) in [5.74, 6) is 0. The van der Waals surface area contributed by atoms with Crippen LogP contribution in [0, 0.1) is 0 Å². The summed E-state index contributed by atoms with van der Waals surface area (Å²) >= 11 is 0. The van der Waals surface area contributed by atoms with E-state index in [-0.39, 0.29) is 0 Å². The molecule has 88 valence electrons. The van der Waals surface area contributed by atoms with Crippen LogP contribution < -0.4 is 5.32 Å². The molecule has 1 heterocycles. The lowest BCUT2D eigenvalue weighted by atomic mass is 9.75. The van der Waals surface area contributed by atoms with Crippen LogP contribution in [0.3, 0.4) is 0 Å². The Morgan fingerprint density at radius 2 is 2.20 bits per heavy atom. The average Bonchev–Trinajstić information content (AvgIpc) is 2.68. The largest absolute Gasteiger partial charge is 0.378 e. The minimum Gasteiger partial charge on any atom is -0.378 e. The fraction of sp³-hybridized carbons (Fsp3) is 1.00.